The molecule has 6 nitrogen and oxygen atoms in total. The number of thiocarbonyl (C=S) groups is 1. The number of anilines is 1. The van der Waals surface area contributed by atoms with Crippen LogP contribution in [-0.2, 0) is 9.53 Å². The lowest BCUT2D eigenvalue weighted by Crippen LogP contribution is -2.27. The van der Waals surface area contributed by atoms with Crippen LogP contribution in [0.5, 0.6) is 11.5 Å². The Hall–Kier alpha value is -2.84. The lowest BCUT2D eigenvalue weighted by molar-refractivity contribution is -0.113. The number of ether oxygens (including phenoxy) is 3. The van der Waals surface area contributed by atoms with E-state index in [4.69, 9.17) is 26.4 Å². The van der Waals surface area contributed by atoms with Crippen LogP contribution < -0.4 is 14.4 Å². The van der Waals surface area contributed by atoms with E-state index in [1.165, 1.54) is 16.7 Å². The van der Waals surface area contributed by atoms with Gasteiger partial charge in [0.25, 0.3) is 5.91 Å². The van der Waals surface area contributed by atoms with Gasteiger partial charge in [0, 0.05) is 0 Å². The van der Waals surface area contributed by atoms with E-state index in [9.17, 15) is 9.59 Å². The van der Waals surface area contributed by atoms with Crippen molar-refractivity contribution in [1.29, 1.82) is 0 Å². The summed E-state index contributed by atoms with van der Waals surface area (Å²) >= 11 is 6.64. The fraction of sp³-hybridized carbons (Fsp3) is 0.261. The number of carbonyl (C=O) groups excluding carboxylic acids is 2. The zero-order valence-electron chi connectivity index (χ0n) is 17.5. The molecule has 2 aromatic rings. The molecule has 1 fully saturated rings. The van der Waals surface area contributed by atoms with Crippen LogP contribution in [0.25, 0.3) is 6.08 Å². The average molecular weight is 458 g/mol. The molecule has 31 heavy (non-hydrogen) atoms. The third-order valence-corrected chi connectivity index (χ3v) is 5.66. The number of hydrogen-bond acceptors (Lipinski definition) is 7. The molecule has 0 aliphatic carbocycles. The van der Waals surface area contributed by atoms with Gasteiger partial charge in [0.2, 0.25) is 0 Å². The smallest absolute Gasteiger partial charge is 0.338 e. The molecule has 8 heteroatoms. The third-order valence-electron chi connectivity index (χ3n) is 4.36. The van der Waals surface area contributed by atoms with Gasteiger partial charge in [-0.25, -0.2) is 4.79 Å². The number of amides is 1. The first-order valence-electron chi connectivity index (χ1n) is 9.84. The SMILES string of the molecule is CCCOc1ccc(/C=C2\SC(=S)N(c3cccc(C(=O)OCC)c3)C2=O)cc1OC. The molecule has 2 aromatic carbocycles. The molecular weight excluding hydrogens is 434 g/mol. The van der Waals surface area contributed by atoms with Gasteiger partial charge in [-0.2, -0.15) is 0 Å². The van der Waals surface area contributed by atoms with Crippen LogP contribution in [0.3, 0.4) is 0 Å². The van der Waals surface area contributed by atoms with Crippen molar-refractivity contribution < 1.29 is 23.8 Å². The van der Waals surface area contributed by atoms with E-state index >= 15 is 0 Å². The van der Waals surface area contributed by atoms with Crippen molar-refractivity contribution in [2.24, 2.45) is 0 Å². The van der Waals surface area contributed by atoms with Crippen LogP contribution in [0.15, 0.2) is 47.4 Å². The molecule has 0 aromatic heterocycles. The predicted octanol–water partition coefficient (Wildman–Crippen LogP) is 5.07. The van der Waals surface area contributed by atoms with Gasteiger partial charge in [0.1, 0.15) is 0 Å². The molecule has 1 aliphatic heterocycles. The Labute approximate surface area is 191 Å². The van der Waals surface area contributed by atoms with Gasteiger partial charge in [-0.15, -0.1) is 0 Å². The second-order valence-electron chi connectivity index (χ2n) is 6.55. The monoisotopic (exact) mass is 457 g/mol. The Balaban J connectivity index is 1.86. The number of nitrogens with zero attached hydrogens (tertiary/aromatic N) is 1. The van der Waals surface area contributed by atoms with Gasteiger partial charge in [-0.1, -0.05) is 43.0 Å². The second kappa shape index (κ2) is 10.5. The molecule has 3 rings (SSSR count). The van der Waals surface area contributed by atoms with Crippen LogP contribution >= 0.6 is 24.0 Å². The molecule has 0 spiro atoms. The third kappa shape index (κ3) is 5.26. The van der Waals surface area contributed by atoms with Crippen molar-refractivity contribution >= 4 is 51.9 Å². The zero-order valence-corrected chi connectivity index (χ0v) is 19.2. The summed E-state index contributed by atoms with van der Waals surface area (Å²) in [5.74, 6) is 0.564. The van der Waals surface area contributed by atoms with Crippen LogP contribution in [-0.4, -0.2) is 36.5 Å². The molecule has 162 valence electrons. The zero-order chi connectivity index (χ0) is 22.4. The quantitative estimate of drug-likeness (QED) is 0.312. The highest BCUT2D eigenvalue weighted by atomic mass is 32.2. The Morgan fingerprint density at radius 3 is 2.68 bits per heavy atom. The van der Waals surface area contributed by atoms with Gasteiger partial charge in [0.15, 0.2) is 15.8 Å². The number of esters is 1. The van der Waals surface area contributed by atoms with Crippen LogP contribution in [0, 0.1) is 0 Å². The first-order chi connectivity index (χ1) is 15.0. The largest absolute Gasteiger partial charge is 0.493 e. The molecule has 1 aliphatic rings. The number of benzene rings is 2. The lowest BCUT2D eigenvalue weighted by atomic mass is 10.1. The summed E-state index contributed by atoms with van der Waals surface area (Å²) < 4.78 is 16.5. The van der Waals surface area contributed by atoms with Crippen LogP contribution in [0.2, 0.25) is 0 Å². The molecule has 0 atom stereocenters. The van der Waals surface area contributed by atoms with Gasteiger partial charge in [-0.3, -0.25) is 9.69 Å². The summed E-state index contributed by atoms with van der Waals surface area (Å²) in [4.78, 5) is 27.0. The maximum absolute atomic E-state index is 13.1. The van der Waals surface area contributed by atoms with E-state index in [1.807, 2.05) is 25.1 Å². The lowest BCUT2D eigenvalue weighted by Gasteiger charge is -2.15. The number of methoxy groups -OCH3 is 1. The molecule has 1 heterocycles. The second-order valence-corrected chi connectivity index (χ2v) is 8.22. The van der Waals surface area contributed by atoms with Crippen LogP contribution in [0.4, 0.5) is 5.69 Å². The first-order valence-corrected chi connectivity index (χ1v) is 11.1. The summed E-state index contributed by atoms with van der Waals surface area (Å²) in [5.41, 5.74) is 1.68. The average Bonchev–Trinajstić information content (AvgIpc) is 3.05. The fourth-order valence-corrected chi connectivity index (χ4v) is 4.23. The van der Waals surface area contributed by atoms with Gasteiger partial charge >= 0.3 is 5.97 Å². The molecule has 0 saturated carbocycles. The standard InChI is InChI=1S/C23H23NO5S2/c1-4-11-29-18-10-9-15(12-19(18)27-3)13-20-21(25)24(23(30)31-20)17-8-6-7-16(14-17)22(26)28-5-2/h6-10,12-14H,4-5,11H2,1-3H3/b20-13-. The van der Waals surface area contributed by atoms with E-state index in [1.54, 1.807) is 44.4 Å². The van der Waals surface area contributed by atoms with E-state index in [2.05, 4.69) is 0 Å². The minimum atomic E-state index is -0.442. The summed E-state index contributed by atoms with van der Waals surface area (Å²) in [6.07, 6.45) is 2.66. The highest BCUT2D eigenvalue weighted by Crippen LogP contribution is 2.37. The van der Waals surface area contributed by atoms with Crippen LogP contribution in [0.1, 0.15) is 36.2 Å². The van der Waals surface area contributed by atoms with Crippen molar-refractivity contribution in [2.45, 2.75) is 20.3 Å². The molecule has 0 bridgehead atoms. The van der Waals surface area contributed by atoms with Crippen molar-refractivity contribution in [1.82, 2.24) is 0 Å². The Morgan fingerprint density at radius 2 is 1.97 bits per heavy atom. The summed E-state index contributed by atoms with van der Waals surface area (Å²) in [6, 6.07) is 12.2. The summed E-state index contributed by atoms with van der Waals surface area (Å²) in [6.45, 7) is 4.65. The van der Waals surface area contributed by atoms with Crippen molar-refractivity contribution in [3.63, 3.8) is 0 Å². The van der Waals surface area contributed by atoms with Gasteiger partial charge in [0.05, 0.1) is 36.5 Å². The molecule has 0 unspecified atom stereocenters. The molecule has 0 radical (unpaired) electrons. The number of thioether (sulfide) groups is 1. The molecule has 1 saturated heterocycles. The molecule has 1 amide bonds. The maximum atomic E-state index is 13.1. The summed E-state index contributed by atoms with van der Waals surface area (Å²) in [7, 11) is 1.58. The normalized spacial score (nSPS) is 14.8. The predicted molar refractivity (Wildman–Crippen MR) is 127 cm³/mol. The number of hydrogen-bond donors (Lipinski definition) is 0. The maximum Gasteiger partial charge on any atom is 0.338 e. The topological polar surface area (TPSA) is 65.1 Å². The molecular formula is C23H23NO5S2. The Kier molecular flexibility index (Phi) is 7.70. The Morgan fingerprint density at radius 1 is 1.16 bits per heavy atom. The minimum absolute atomic E-state index is 0.249. The highest BCUT2D eigenvalue weighted by Gasteiger charge is 2.33. The van der Waals surface area contributed by atoms with E-state index in [0.29, 0.717) is 38.6 Å². The first kappa shape index (κ1) is 22.8. The van der Waals surface area contributed by atoms with Crippen molar-refractivity contribution in [3.8, 4) is 11.5 Å². The van der Waals surface area contributed by atoms with E-state index in [0.717, 1.165) is 12.0 Å². The van der Waals surface area contributed by atoms with Gasteiger partial charge < -0.3 is 14.2 Å². The summed E-state index contributed by atoms with van der Waals surface area (Å²) in [5, 5.41) is 0. The number of rotatable bonds is 8. The Bertz CT molecular complexity index is 1030. The van der Waals surface area contributed by atoms with E-state index in [-0.39, 0.29) is 12.5 Å². The molecule has 0 N–H and O–H groups in total. The van der Waals surface area contributed by atoms with Crippen molar-refractivity contribution in [2.75, 3.05) is 25.2 Å². The van der Waals surface area contributed by atoms with Crippen molar-refractivity contribution in [3.05, 3.63) is 58.5 Å². The van der Waals surface area contributed by atoms with E-state index < -0.39 is 5.97 Å². The highest BCUT2D eigenvalue weighted by molar-refractivity contribution is 8.27. The van der Waals surface area contributed by atoms with Gasteiger partial charge in [-0.05, 0) is 55.3 Å². The number of carbonyl (C=O) groups is 2. The fourth-order valence-electron chi connectivity index (χ4n) is 2.93. The minimum Gasteiger partial charge on any atom is -0.493 e.